The number of hydrogen-bond acceptors (Lipinski definition) is 4. The highest BCUT2D eigenvalue weighted by Gasteiger charge is 2.38. The third-order valence-corrected chi connectivity index (χ3v) is 5.02. The maximum Gasteiger partial charge on any atom is 0.438 e. The van der Waals surface area contributed by atoms with Gasteiger partial charge in [0.1, 0.15) is 11.8 Å². The fourth-order valence-corrected chi connectivity index (χ4v) is 3.46. The van der Waals surface area contributed by atoms with E-state index in [1.807, 2.05) is 0 Å². The molecule has 158 valence electrons. The van der Waals surface area contributed by atoms with Gasteiger partial charge in [0.15, 0.2) is 0 Å². The lowest BCUT2D eigenvalue weighted by molar-refractivity contribution is -0.142. The van der Waals surface area contributed by atoms with Crippen LogP contribution in [0.4, 0.5) is 13.2 Å². The molecule has 0 aliphatic heterocycles. The maximum atomic E-state index is 13.3. The Balaban J connectivity index is 1.97. The van der Waals surface area contributed by atoms with Gasteiger partial charge in [-0.05, 0) is 37.3 Å². The van der Waals surface area contributed by atoms with Gasteiger partial charge in [-0.25, -0.2) is 4.98 Å². The molecule has 1 atom stereocenters. The van der Waals surface area contributed by atoms with E-state index in [4.69, 9.17) is 4.74 Å². The van der Waals surface area contributed by atoms with E-state index >= 15 is 0 Å². The van der Waals surface area contributed by atoms with Crippen molar-refractivity contribution in [1.82, 2.24) is 14.9 Å². The first-order valence-corrected chi connectivity index (χ1v) is 9.61. The number of benzene rings is 2. The number of rotatable bonds is 5. The second kappa shape index (κ2) is 8.47. The van der Waals surface area contributed by atoms with Crippen LogP contribution in [0.2, 0.25) is 0 Å². The SMILES string of the molecule is COc1ccc(Br)cc1CNC(=O)[C@@H](C)n1c(=O)c(C(F)(F)F)nc2ccccc21. The summed E-state index contributed by atoms with van der Waals surface area (Å²) in [5.41, 5.74) is -2.16. The molecule has 0 radical (unpaired) electrons. The molecule has 1 amide bonds. The van der Waals surface area contributed by atoms with E-state index in [1.54, 1.807) is 24.3 Å². The van der Waals surface area contributed by atoms with Crippen LogP contribution in [0.5, 0.6) is 5.75 Å². The maximum absolute atomic E-state index is 13.3. The number of halogens is 4. The summed E-state index contributed by atoms with van der Waals surface area (Å²) in [5, 5.41) is 2.65. The Kier molecular flexibility index (Phi) is 6.16. The smallest absolute Gasteiger partial charge is 0.438 e. The first-order valence-electron chi connectivity index (χ1n) is 8.82. The normalized spacial score (nSPS) is 12.6. The van der Waals surface area contributed by atoms with Crippen LogP contribution in [0.1, 0.15) is 24.2 Å². The van der Waals surface area contributed by atoms with E-state index in [-0.39, 0.29) is 17.6 Å². The first kappa shape index (κ1) is 21.8. The fraction of sp³-hybridized carbons (Fsp3) is 0.250. The van der Waals surface area contributed by atoms with Crippen LogP contribution >= 0.6 is 15.9 Å². The van der Waals surface area contributed by atoms with Crippen molar-refractivity contribution >= 4 is 32.9 Å². The molecule has 6 nitrogen and oxygen atoms in total. The lowest BCUT2D eigenvalue weighted by Gasteiger charge is -2.19. The molecular formula is C20H17BrF3N3O3. The molecule has 1 heterocycles. The summed E-state index contributed by atoms with van der Waals surface area (Å²) in [6.45, 7) is 1.43. The van der Waals surface area contributed by atoms with Crippen LogP contribution in [-0.2, 0) is 17.5 Å². The van der Waals surface area contributed by atoms with Crippen molar-refractivity contribution in [2.24, 2.45) is 0 Å². The van der Waals surface area contributed by atoms with Gasteiger partial charge in [-0.3, -0.25) is 14.2 Å². The van der Waals surface area contributed by atoms with Crippen molar-refractivity contribution < 1.29 is 22.7 Å². The molecule has 3 rings (SSSR count). The number of ether oxygens (including phenoxy) is 1. The number of aromatic nitrogens is 2. The molecular weight excluding hydrogens is 467 g/mol. The predicted octanol–water partition coefficient (Wildman–Crippen LogP) is 4.06. The molecule has 0 bridgehead atoms. The highest BCUT2D eigenvalue weighted by molar-refractivity contribution is 9.10. The number of carbonyl (C=O) groups is 1. The molecule has 0 fully saturated rings. The third kappa shape index (κ3) is 4.33. The largest absolute Gasteiger partial charge is 0.496 e. The van der Waals surface area contributed by atoms with Gasteiger partial charge in [0, 0.05) is 16.6 Å². The number of methoxy groups -OCH3 is 1. The Hall–Kier alpha value is -2.88. The van der Waals surface area contributed by atoms with Crippen LogP contribution in [-0.4, -0.2) is 22.6 Å². The Bertz CT molecular complexity index is 1160. The molecule has 0 aliphatic rings. The van der Waals surface area contributed by atoms with E-state index in [2.05, 4.69) is 26.2 Å². The molecule has 0 aliphatic carbocycles. The van der Waals surface area contributed by atoms with E-state index in [0.29, 0.717) is 11.3 Å². The molecule has 2 aromatic carbocycles. The number of alkyl halides is 3. The Morgan fingerprint density at radius 2 is 1.97 bits per heavy atom. The fourth-order valence-electron chi connectivity index (χ4n) is 3.06. The average molecular weight is 484 g/mol. The molecule has 0 spiro atoms. The molecule has 1 aromatic heterocycles. The van der Waals surface area contributed by atoms with E-state index < -0.39 is 29.4 Å². The molecule has 30 heavy (non-hydrogen) atoms. The van der Waals surface area contributed by atoms with Crippen LogP contribution in [0.3, 0.4) is 0 Å². The van der Waals surface area contributed by atoms with Crippen molar-refractivity contribution in [2.45, 2.75) is 25.7 Å². The Morgan fingerprint density at radius 3 is 2.63 bits per heavy atom. The lowest BCUT2D eigenvalue weighted by atomic mass is 10.2. The number of fused-ring (bicyclic) bond motifs is 1. The molecule has 3 aromatic rings. The monoisotopic (exact) mass is 483 g/mol. The standard InChI is InChI=1S/C20H17BrF3N3O3/c1-11(18(28)25-10-12-9-13(21)7-8-16(12)30-2)27-15-6-4-3-5-14(15)26-17(19(27)29)20(22,23)24/h3-9,11H,10H2,1-2H3,(H,25,28)/t11-/m1/s1. The van der Waals surface area contributed by atoms with Gasteiger partial charge in [-0.1, -0.05) is 28.1 Å². The summed E-state index contributed by atoms with van der Waals surface area (Å²) in [7, 11) is 1.48. The van der Waals surface area contributed by atoms with Crippen molar-refractivity contribution in [1.29, 1.82) is 0 Å². The summed E-state index contributed by atoms with van der Waals surface area (Å²) in [6.07, 6.45) is -4.94. The Morgan fingerprint density at radius 1 is 1.27 bits per heavy atom. The van der Waals surface area contributed by atoms with Gasteiger partial charge in [0.2, 0.25) is 11.6 Å². The van der Waals surface area contributed by atoms with E-state index in [0.717, 1.165) is 9.04 Å². The number of carbonyl (C=O) groups excluding carboxylic acids is 1. The van der Waals surface area contributed by atoms with Crippen molar-refractivity contribution in [3.8, 4) is 5.75 Å². The zero-order valence-corrected chi connectivity index (χ0v) is 17.5. The topological polar surface area (TPSA) is 73.2 Å². The van der Waals surface area contributed by atoms with Gasteiger partial charge in [0.05, 0.1) is 18.1 Å². The second-order valence-corrected chi connectivity index (χ2v) is 7.39. The molecule has 0 saturated carbocycles. The van der Waals surface area contributed by atoms with Gasteiger partial charge >= 0.3 is 6.18 Å². The summed E-state index contributed by atoms with van der Waals surface area (Å²) >= 11 is 3.33. The van der Waals surface area contributed by atoms with E-state index in [9.17, 15) is 22.8 Å². The predicted molar refractivity (Wildman–Crippen MR) is 108 cm³/mol. The van der Waals surface area contributed by atoms with Crippen molar-refractivity contribution in [3.63, 3.8) is 0 Å². The quantitative estimate of drug-likeness (QED) is 0.593. The highest BCUT2D eigenvalue weighted by Crippen LogP contribution is 2.27. The molecule has 0 unspecified atom stereocenters. The second-order valence-electron chi connectivity index (χ2n) is 6.47. The van der Waals surface area contributed by atoms with Gasteiger partial charge in [-0.2, -0.15) is 13.2 Å². The van der Waals surface area contributed by atoms with Crippen LogP contribution in [0, 0.1) is 0 Å². The first-order chi connectivity index (χ1) is 14.1. The average Bonchev–Trinajstić information content (AvgIpc) is 2.70. The highest BCUT2D eigenvalue weighted by atomic mass is 79.9. The zero-order valence-electron chi connectivity index (χ0n) is 16.0. The lowest BCUT2D eigenvalue weighted by Crippen LogP contribution is -2.39. The number of para-hydroxylation sites is 2. The molecule has 0 saturated heterocycles. The Labute approximate surface area is 177 Å². The minimum Gasteiger partial charge on any atom is -0.496 e. The third-order valence-electron chi connectivity index (χ3n) is 4.53. The zero-order chi connectivity index (χ0) is 22.1. The summed E-state index contributed by atoms with van der Waals surface area (Å²) in [5.74, 6) is -0.0827. The van der Waals surface area contributed by atoms with Crippen molar-refractivity contribution in [3.05, 3.63) is 68.5 Å². The van der Waals surface area contributed by atoms with Gasteiger partial charge < -0.3 is 10.1 Å². The van der Waals surface area contributed by atoms with Gasteiger partial charge in [-0.15, -0.1) is 0 Å². The minimum absolute atomic E-state index is 0.0299. The number of nitrogens with one attached hydrogen (secondary N) is 1. The van der Waals surface area contributed by atoms with Crippen molar-refractivity contribution in [2.75, 3.05) is 7.11 Å². The van der Waals surface area contributed by atoms with Crippen LogP contribution < -0.4 is 15.6 Å². The molecule has 1 N–H and O–H groups in total. The number of hydrogen-bond donors (Lipinski definition) is 1. The minimum atomic E-state index is -4.94. The summed E-state index contributed by atoms with van der Waals surface area (Å²) in [4.78, 5) is 28.8. The van der Waals surface area contributed by atoms with Crippen LogP contribution in [0.15, 0.2) is 51.7 Å². The summed E-state index contributed by atoms with van der Waals surface area (Å²) < 4.78 is 46.8. The summed E-state index contributed by atoms with van der Waals surface area (Å²) in [6, 6.07) is 9.91. The van der Waals surface area contributed by atoms with E-state index in [1.165, 1.54) is 32.2 Å². The van der Waals surface area contributed by atoms with Gasteiger partial charge in [0.25, 0.3) is 5.56 Å². The number of nitrogens with zero attached hydrogens (tertiary/aromatic N) is 2. The van der Waals surface area contributed by atoms with Crippen LogP contribution in [0.25, 0.3) is 11.0 Å². The number of amides is 1. The molecule has 10 heteroatoms.